The van der Waals surface area contributed by atoms with Crippen molar-refractivity contribution in [3.8, 4) is 5.75 Å². The highest BCUT2D eigenvalue weighted by Crippen LogP contribution is 2.32. The van der Waals surface area contributed by atoms with Crippen LogP contribution in [0.15, 0.2) is 60.7 Å². The second kappa shape index (κ2) is 9.57. The number of anilines is 2. The highest BCUT2D eigenvalue weighted by atomic mass is 16.6. The molecule has 1 heterocycles. The molecule has 3 aromatic rings. The van der Waals surface area contributed by atoms with E-state index in [9.17, 15) is 24.5 Å². The van der Waals surface area contributed by atoms with Crippen LogP contribution in [0.3, 0.4) is 0 Å². The number of nitrogens with one attached hydrogen (secondary N) is 1. The second-order valence-corrected chi connectivity index (χ2v) is 7.70. The van der Waals surface area contributed by atoms with Gasteiger partial charge in [-0.1, -0.05) is 36.4 Å². The van der Waals surface area contributed by atoms with Crippen LogP contribution >= 0.6 is 0 Å². The van der Waals surface area contributed by atoms with Crippen molar-refractivity contribution >= 4 is 45.6 Å². The summed E-state index contributed by atoms with van der Waals surface area (Å²) in [5.74, 6) is -2.07. The molecule has 3 aromatic carbocycles. The lowest BCUT2D eigenvalue weighted by Crippen LogP contribution is -2.28. The molecular formula is C24H21N3O7. The minimum Gasteiger partial charge on any atom is -0.497 e. The summed E-state index contributed by atoms with van der Waals surface area (Å²) in [6.07, 6.45) is -0.0367. The van der Waals surface area contributed by atoms with Crippen LogP contribution in [0, 0.1) is 16.0 Å². The fourth-order valence-electron chi connectivity index (χ4n) is 3.88. The number of amides is 2. The van der Waals surface area contributed by atoms with E-state index in [0.717, 1.165) is 10.8 Å². The molecule has 1 atom stereocenters. The third-order valence-corrected chi connectivity index (χ3v) is 5.54. The molecule has 1 N–H and O–H groups in total. The van der Waals surface area contributed by atoms with Gasteiger partial charge in [0.1, 0.15) is 11.4 Å². The van der Waals surface area contributed by atoms with Crippen LogP contribution in [-0.2, 0) is 19.1 Å². The highest BCUT2D eigenvalue weighted by molar-refractivity contribution is 6.06. The number of nitro benzene ring substituents is 1. The van der Waals surface area contributed by atoms with E-state index in [1.807, 2.05) is 42.5 Å². The molecule has 2 amide bonds. The monoisotopic (exact) mass is 463 g/mol. The maximum atomic E-state index is 12.6. The Balaban J connectivity index is 1.39. The lowest BCUT2D eigenvalue weighted by Gasteiger charge is -2.18. The van der Waals surface area contributed by atoms with Crippen molar-refractivity contribution in [1.29, 1.82) is 0 Å². The van der Waals surface area contributed by atoms with Crippen molar-refractivity contribution in [3.63, 3.8) is 0 Å². The van der Waals surface area contributed by atoms with E-state index in [4.69, 9.17) is 9.47 Å². The molecule has 4 rings (SSSR count). The second-order valence-electron chi connectivity index (χ2n) is 7.70. The average Bonchev–Trinajstić information content (AvgIpc) is 3.23. The lowest BCUT2D eigenvalue weighted by molar-refractivity contribution is -0.383. The van der Waals surface area contributed by atoms with Gasteiger partial charge in [-0.2, -0.15) is 0 Å². The minimum absolute atomic E-state index is 0.0367. The Bertz CT molecular complexity index is 1290. The molecule has 1 aliphatic rings. The molecule has 1 aliphatic heterocycles. The Labute approximate surface area is 194 Å². The van der Waals surface area contributed by atoms with Crippen molar-refractivity contribution in [2.45, 2.75) is 6.42 Å². The summed E-state index contributed by atoms with van der Waals surface area (Å²) in [4.78, 5) is 49.6. The Morgan fingerprint density at radius 1 is 1.15 bits per heavy atom. The summed E-state index contributed by atoms with van der Waals surface area (Å²) in [6.45, 7) is -0.513. The summed E-state index contributed by atoms with van der Waals surface area (Å²) >= 11 is 0. The molecule has 0 unspecified atom stereocenters. The first-order valence-corrected chi connectivity index (χ1v) is 10.4. The molecular weight excluding hydrogens is 442 g/mol. The largest absolute Gasteiger partial charge is 0.497 e. The molecule has 10 heteroatoms. The zero-order chi connectivity index (χ0) is 24.2. The number of fused-ring (bicyclic) bond motifs is 1. The Kier molecular flexibility index (Phi) is 6.39. The van der Waals surface area contributed by atoms with Gasteiger partial charge in [0.05, 0.1) is 23.6 Å². The van der Waals surface area contributed by atoms with Crippen molar-refractivity contribution in [1.82, 2.24) is 0 Å². The van der Waals surface area contributed by atoms with Gasteiger partial charge in [0.25, 0.3) is 11.6 Å². The molecule has 1 fully saturated rings. The van der Waals surface area contributed by atoms with Gasteiger partial charge in [-0.05, 0) is 17.5 Å². The first-order chi connectivity index (χ1) is 16.4. The Morgan fingerprint density at radius 2 is 1.91 bits per heavy atom. The fourth-order valence-corrected chi connectivity index (χ4v) is 3.88. The van der Waals surface area contributed by atoms with Gasteiger partial charge >= 0.3 is 5.97 Å². The van der Waals surface area contributed by atoms with E-state index in [1.165, 1.54) is 25.3 Å². The maximum absolute atomic E-state index is 12.6. The fraction of sp³-hybridized carbons (Fsp3) is 0.208. The number of ether oxygens (including phenoxy) is 2. The van der Waals surface area contributed by atoms with E-state index >= 15 is 0 Å². The van der Waals surface area contributed by atoms with Crippen LogP contribution in [0.1, 0.15) is 6.42 Å². The first-order valence-electron chi connectivity index (χ1n) is 10.4. The van der Waals surface area contributed by atoms with E-state index in [1.54, 1.807) is 4.90 Å². The number of nitro groups is 1. The van der Waals surface area contributed by atoms with Crippen LogP contribution < -0.4 is 15.0 Å². The third kappa shape index (κ3) is 4.65. The van der Waals surface area contributed by atoms with Gasteiger partial charge in [0.15, 0.2) is 6.61 Å². The normalized spacial score (nSPS) is 15.3. The van der Waals surface area contributed by atoms with E-state index in [-0.39, 0.29) is 30.2 Å². The van der Waals surface area contributed by atoms with E-state index in [0.29, 0.717) is 11.4 Å². The Hall–Kier alpha value is -4.47. The van der Waals surface area contributed by atoms with Crippen LogP contribution in [-0.4, -0.2) is 43.0 Å². The summed E-state index contributed by atoms with van der Waals surface area (Å²) in [6, 6.07) is 17.1. The first kappa shape index (κ1) is 22.7. The number of nitrogens with zero attached hydrogens (tertiary/aromatic N) is 2. The smallest absolute Gasteiger partial charge is 0.311 e. The van der Waals surface area contributed by atoms with Gasteiger partial charge in [0.2, 0.25) is 5.91 Å². The third-order valence-electron chi connectivity index (χ3n) is 5.54. The number of rotatable bonds is 7. The van der Waals surface area contributed by atoms with Crippen molar-refractivity contribution in [2.24, 2.45) is 5.92 Å². The van der Waals surface area contributed by atoms with E-state index < -0.39 is 29.3 Å². The van der Waals surface area contributed by atoms with Crippen molar-refractivity contribution in [3.05, 3.63) is 70.8 Å². The number of methoxy groups -OCH3 is 1. The number of hydrogen-bond donors (Lipinski definition) is 1. The Morgan fingerprint density at radius 3 is 2.68 bits per heavy atom. The predicted molar refractivity (Wildman–Crippen MR) is 124 cm³/mol. The summed E-state index contributed by atoms with van der Waals surface area (Å²) in [5, 5.41) is 15.4. The molecule has 0 bridgehead atoms. The molecule has 174 valence electrons. The molecule has 10 nitrogen and oxygen atoms in total. The number of hydrogen-bond acceptors (Lipinski definition) is 7. The molecule has 0 saturated carbocycles. The van der Waals surface area contributed by atoms with Crippen LogP contribution in [0.25, 0.3) is 10.8 Å². The number of carbonyl (C=O) groups is 3. The topological polar surface area (TPSA) is 128 Å². The van der Waals surface area contributed by atoms with Crippen LogP contribution in [0.5, 0.6) is 5.75 Å². The summed E-state index contributed by atoms with van der Waals surface area (Å²) in [5.41, 5.74) is 0.303. The number of esters is 1. The average molecular weight is 463 g/mol. The SMILES string of the molecule is COc1ccc([N+](=O)[O-])c(NC(=O)COC(=O)[C@H]2CC(=O)N(c3cccc4ccccc34)C2)c1. The van der Waals surface area contributed by atoms with Crippen LogP contribution in [0.4, 0.5) is 17.1 Å². The quantitative estimate of drug-likeness (QED) is 0.323. The lowest BCUT2D eigenvalue weighted by atomic mass is 10.1. The number of carbonyl (C=O) groups excluding carboxylic acids is 3. The maximum Gasteiger partial charge on any atom is 0.311 e. The predicted octanol–water partition coefficient (Wildman–Crippen LogP) is 3.29. The molecule has 0 aliphatic carbocycles. The highest BCUT2D eigenvalue weighted by Gasteiger charge is 2.37. The van der Waals surface area contributed by atoms with Gasteiger partial charge in [-0.3, -0.25) is 24.5 Å². The molecule has 1 saturated heterocycles. The van der Waals surface area contributed by atoms with Crippen molar-refractivity contribution in [2.75, 3.05) is 30.5 Å². The van der Waals surface area contributed by atoms with Gasteiger partial charge in [0, 0.05) is 30.5 Å². The van der Waals surface area contributed by atoms with E-state index in [2.05, 4.69) is 5.32 Å². The zero-order valence-electron chi connectivity index (χ0n) is 18.2. The van der Waals surface area contributed by atoms with Gasteiger partial charge in [-0.25, -0.2) is 0 Å². The summed E-state index contributed by atoms with van der Waals surface area (Å²) < 4.78 is 10.1. The summed E-state index contributed by atoms with van der Waals surface area (Å²) in [7, 11) is 1.39. The van der Waals surface area contributed by atoms with Gasteiger partial charge in [-0.15, -0.1) is 0 Å². The van der Waals surface area contributed by atoms with Gasteiger partial charge < -0.3 is 19.7 Å². The number of benzene rings is 3. The molecule has 0 aromatic heterocycles. The van der Waals surface area contributed by atoms with Crippen LogP contribution in [0.2, 0.25) is 0 Å². The molecule has 34 heavy (non-hydrogen) atoms. The van der Waals surface area contributed by atoms with Crippen molar-refractivity contribution < 1.29 is 28.8 Å². The zero-order valence-corrected chi connectivity index (χ0v) is 18.2. The molecule has 0 radical (unpaired) electrons. The molecule has 0 spiro atoms. The standard InChI is InChI=1S/C24H21N3O7/c1-33-17-9-10-21(27(31)32)19(12-17)25-22(28)14-34-24(30)16-11-23(29)26(13-16)20-8-4-6-15-5-2-3-7-18(15)20/h2-10,12,16H,11,13-14H2,1H3,(H,25,28)/t16-/m0/s1. The minimum atomic E-state index is -0.750.